The van der Waals surface area contributed by atoms with Crippen molar-refractivity contribution in [1.29, 1.82) is 0 Å². The van der Waals surface area contributed by atoms with Gasteiger partial charge in [0.2, 0.25) is 0 Å². The standard InChI is InChI=1S/C11H15Cl2NO2S/c1-14-8(7-17(2,15)16)6-9-10(12)4-3-5-11(9)13/h3-5,8,14H,6-7H2,1-2H3. The molecule has 0 saturated carbocycles. The summed E-state index contributed by atoms with van der Waals surface area (Å²) in [7, 11) is -1.31. The van der Waals surface area contributed by atoms with Gasteiger partial charge in [0, 0.05) is 22.3 Å². The van der Waals surface area contributed by atoms with Crippen molar-refractivity contribution in [2.75, 3.05) is 19.1 Å². The summed E-state index contributed by atoms with van der Waals surface area (Å²) in [5.41, 5.74) is 0.777. The summed E-state index contributed by atoms with van der Waals surface area (Å²) in [4.78, 5) is 0. The van der Waals surface area contributed by atoms with Gasteiger partial charge >= 0.3 is 0 Å². The Morgan fingerprint density at radius 1 is 1.29 bits per heavy atom. The fourth-order valence-electron chi connectivity index (χ4n) is 1.58. The van der Waals surface area contributed by atoms with Crippen molar-refractivity contribution >= 4 is 33.0 Å². The molecule has 1 atom stereocenters. The number of rotatable bonds is 5. The van der Waals surface area contributed by atoms with Gasteiger partial charge < -0.3 is 5.32 Å². The third-order valence-corrected chi connectivity index (χ3v) is 4.14. The number of hydrogen-bond acceptors (Lipinski definition) is 3. The number of halogens is 2. The highest BCUT2D eigenvalue weighted by atomic mass is 35.5. The number of benzene rings is 1. The lowest BCUT2D eigenvalue weighted by molar-refractivity contribution is 0.567. The van der Waals surface area contributed by atoms with Crippen LogP contribution in [0.1, 0.15) is 5.56 Å². The van der Waals surface area contributed by atoms with Crippen molar-refractivity contribution in [3.05, 3.63) is 33.8 Å². The minimum Gasteiger partial charge on any atom is -0.316 e. The van der Waals surface area contributed by atoms with Gasteiger partial charge in [-0.05, 0) is 31.2 Å². The van der Waals surface area contributed by atoms with Gasteiger partial charge in [0.25, 0.3) is 0 Å². The lowest BCUT2D eigenvalue weighted by Gasteiger charge is -2.16. The Morgan fingerprint density at radius 3 is 2.24 bits per heavy atom. The van der Waals surface area contributed by atoms with E-state index in [9.17, 15) is 8.42 Å². The first-order valence-electron chi connectivity index (χ1n) is 5.11. The van der Waals surface area contributed by atoms with Gasteiger partial charge in [-0.15, -0.1) is 0 Å². The molecule has 1 N–H and O–H groups in total. The van der Waals surface area contributed by atoms with Crippen LogP contribution in [0.5, 0.6) is 0 Å². The van der Waals surface area contributed by atoms with Crippen molar-refractivity contribution in [1.82, 2.24) is 5.32 Å². The van der Waals surface area contributed by atoms with E-state index >= 15 is 0 Å². The van der Waals surface area contributed by atoms with Crippen molar-refractivity contribution < 1.29 is 8.42 Å². The van der Waals surface area contributed by atoms with Crippen LogP contribution < -0.4 is 5.32 Å². The van der Waals surface area contributed by atoms with Gasteiger partial charge in [-0.1, -0.05) is 29.3 Å². The molecule has 0 saturated heterocycles. The van der Waals surface area contributed by atoms with Crippen molar-refractivity contribution in [3.63, 3.8) is 0 Å². The average Bonchev–Trinajstić information content (AvgIpc) is 2.20. The van der Waals surface area contributed by atoms with Crippen LogP contribution >= 0.6 is 23.2 Å². The van der Waals surface area contributed by atoms with Crippen molar-refractivity contribution in [2.24, 2.45) is 0 Å². The molecule has 96 valence electrons. The lowest BCUT2D eigenvalue weighted by Crippen LogP contribution is -2.34. The molecule has 0 heterocycles. The first-order chi connectivity index (χ1) is 7.83. The van der Waals surface area contributed by atoms with E-state index in [4.69, 9.17) is 23.2 Å². The largest absolute Gasteiger partial charge is 0.316 e. The molecule has 0 fully saturated rings. The quantitative estimate of drug-likeness (QED) is 0.906. The van der Waals surface area contributed by atoms with Crippen LogP contribution in [0.2, 0.25) is 10.0 Å². The maximum absolute atomic E-state index is 11.3. The van der Waals surface area contributed by atoms with E-state index in [1.54, 1.807) is 25.2 Å². The highest BCUT2D eigenvalue weighted by molar-refractivity contribution is 7.90. The summed E-state index contributed by atoms with van der Waals surface area (Å²) in [5, 5.41) is 4.09. The normalized spacial score (nSPS) is 13.6. The number of nitrogens with one attached hydrogen (secondary N) is 1. The third kappa shape index (κ3) is 4.84. The Morgan fingerprint density at radius 2 is 1.82 bits per heavy atom. The predicted octanol–water partition coefficient (Wildman–Crippen LogP) is 2.17. The molecule has 3 nitrogen and oxygen atoms in total. The molecule has 0 radical (unpaired) electrons. The van der Waals surface area contributed by atoms with Crippen LogP contribution in [0.25, 0.3) is 0 Å². The molecule has 6 heteroatoms. The first-order valence-corrected chi connectivity index (χ1v) is 7.93. The monoisotopic (exact) mass is 295 g/mol. The van der Waals surface area contributed by atoms with Crippen LogP contribution in [-0.4, -0.2) is 33.5 Å². The molecule has 17 heavy (non-hydrogen) atoms. The Kier molecular flexibility index (Phi) is 5.25. The zero-order valence-corrected chi connectivity index (χ0v) is 12.0. The second kappa shape index (κ2) is 6.05. The van der Waals surface area contributed by atoms with Gasteiger partial charge in [-0.25, -0.2) is 8.42 Å². The van der Waals surface area contributed by atoms with E-state index in [1.807, 2.05) is 0 Å². The zero-order valence-electron chi connectivity index (χ0n) is 9.70. The molecule has 1 aromatic carbocycles. The smallest absolute Gasteiger partial charge is 0.148 e. The molecule has 0 aliphatic heterocycles. The number of hydrogen-bond donors (Lipinski definition) is 1. The highest BCUT2D eigenvalue weighted by Crippen LogP contribution is 2.25. The Labute approximate surface area is 112 Å². The van der Waals surface area contributed by atoms with Gasteiger partial charge in [0.15, 0.2) is 0 Å². The molecule has 0 spiro atoms. The minimum atomic E-state index is -3.03. The Balaban J connectivity index is 2.88. The van der Waals surface area contributed by atoms with Gasteiger partial charge in [0.05, 0.1) is 5.75 Å². The van der Waals surface area contributed by atoms with Gasteiger partial charge in [-0.2, -0.15) is 0 Å². The third-order valence-electron chi connectivity index (χ3n) is 2.42. The molecular weight excluding hydrogens is 281 g/mol. The predicted molar refractivity (Wildman–Crippen MR) is 72.7 cm³/mol. The summed E-state index contributed by atoms with van der Waals surface area (Å²) >= 11 is 12.1. The molecule has 0 aromatic heterocycles. The summed E-state index contributed by atoms with van der Waals surface area (Å²) in [6.07, 6.45) is 1.70. The lowest BCUT2D eigenvalue weighted by atomic mass is 10.1. The van der Waals surface area contributed by atoms with Crippen LogP contribution in [-0.2, 0) is 16.3 Å². The fourth-order valence-corrected chi connectivity index (χ4v) is 3.15. The molecule has 1 unspecified atom stereocenters. The van der Waals surface area contributed by atoms with Gasteiger partial charge in [0.1, 0.15) is 9.84 Å². The van der Waals surface area contributed by atoms with E-state index in [0.717, 1.165) is 5.56 Å². The summed E-state index contributed by atoms with van der Waals surface area (Å²) in [6.45, 7) is 0. The average molecular weight is 296 g/mol. The van der Waals surface area contributed by atoms with Crippen molar-refractivity contribution in [3.8, 4) is 0 Å². The van der Waals surface area contributed by atoms with Crippen molar-refractivity contribution in [2.45, 2.75) is 12.5 Å². The minimum absolute atomic E-state index is 0.0606. The molecule has 1 rings (SSSR count). The Bertz CT molecular complexity index is 468. The van der Waals surface area contributed by atoms with Crippen LogP contribution in [0.4, 0.5) is 0 Å². The summed E-state index contributed by atoms with van der Waals surface area (Å²) in [5.74, 6) is 0.0606. The fraction of sp³-hybridized carbons (Fsp3) is 0.455. The van der Waals surface area contributed by atoms with Crippen LogP contribution in [0, 0.1) is 0 Å². The van der Waals surface area contributed by atoms with E-state index in [-0.39, 0.29) is 11.8 Å². The second-order valence-corrected chi connectivity index (χ2v) is 6.98. The maximum atomic E-state index is 11.3. The van der Waals surface area contributed by atoms with E-state index < -0.39 is 9.84 Å². The molecular formula is C11H15Cl2NO2S. The molecule has 0 amide bonds. The molecule has 1 aromatic rings. The summed E-state index contributed by atoms with van der Waals surface area (Å²) < 4.78 is 22.5. The topological polar surface area (TPSA) is 46.2 Å². The van der Waals surface area contributed by atoms with Crippen LogP contribution in [0.15, 0.2) is 18.2 Å². The summed E-state index contributed by atoms with van der Waals surface area (Å²) in [6, 6.07) is 5.06. The molecule has 0 aliphatic rings. The number of sulfone groups is 1. The Hall–Kier alpha value is -0.290. The SMILES string of the molecule is CNC(Cc1c(Cl)cccc1Cl)CS(C)(=O)=O. The number of likely N-dealkylation sites (N-methyl/N-ethyl adjacent to an activating group) is 1. The van der Waals surface area contributed by atoms with Crippen LogP contribution in [0.3, 0.4) is 0 Å². The van der Waals surface area contributed by atoms with E-state index in [2.05, 4.69) is 5.32 Å². The first kappa shape index (κ1) is 14.8. The van der Waals surface area contributed by atoms with E-state index in [1.165, 1.54) is 6.26 Å². The molecule has 0 bridgehead atoms. The maximum Gasteiger partial charge on any atom is 0.148 e. The second-order valence-electron chi connectivity index (χ2n) is 3.98. The van der Waals surface area contributed by atoms with E-state index in [0.29, 0.717) is 16.5 Å². The zero-order chi connectivity index (χ0) is 13.1. The van der Waals surface area contributed by atoms with Gasteiger partial charge in [-0.3, -0.25) is 0 Å². The highest BCUT2D eigenvalue weighted by Gasteiger charge is 2.17. The molecule has 0 aliphatic carbocycles.